The van der Waals surface area contributed by atoms with Gasteiger partial charge in [-0.15, -0.1) is 4.83 Å². The van der Waals surface area contributed by atoms with Crippen LogP contribution < -0.4 is 10.3 Å². The van der Waals surface area contributed by atoms with Crippen LogP contribution >= 0.6 is 0 Å². The van der Waals surface area contributed by atoms with Gasteiger partial charge in [0.05, 0.1) is 11.5 Å². The Morgan fingerprint density at radius 1 is 0.952 bits per heavy atom. The normalized spacial score (nSPS) is 11.3. The Morgan fingerprint density at radius 2 is 1.38 bits per heavy atom. The highest BCUT2D eigenvalue weighted by Crippen LogP contribution is 2.29. The largest absolute Gasteiger partial charge is 0.449 e. The van der Waals surface area contributed by atoms with Gasteiger partial charge in [-0.25, -0.2) is 18.6 Å². The number of sulfonamides is 1. The van der Waals surface area contributed by atoms with E-state index in [1.165, 1.54) is 0 Å². The average Bonchev–Trinajstić information content (AvgIpc) is 2.41. The lowest BCUT2D eigenvalue weighted by Gasteiger charge is -2.19. The van der Waals surface area contributed by atoms with Gasteiger partial charge in [0.15, 0.2) is 0 Å². The van der Waals surface area contributed by atoms with Crippen molar-refractivity contribution in [3.05, 3.63) is 27.8 Å². The molecule has 0 aromatic heterocycles. The predicted molar refractivity (Wildman–Crippen MR) is 80.6 cm³/mol. The summed E-state index contributed by atoms with van der Waals surface area (Å²) >= 11 is 0. The van der Waals surface area contributed by atoms with Gasteiger partial charge in [-0.2, -0.15) is 0 Å². The summed E-state index contributed by atoms with van der Waals surface area (Å²) in [7, 11) is -3.86. The van der Waals surface area contributed by atoms with Gasteiger partial charge < -0.3 is 4.74 Å². The van der Waals surface area contributed by atoms with Crippen molar-refractivity contribution in [1.29, 1.82) is 0 Å². The number of hydrogen-bond acceptors (Lipinski definition) is 4. The number of benzene rings is 1. The Morgan fingerprint density at radius 3 is 1.81 bits per heavy atom. The molecular weight excluding hydrogens is 292 g/mol. The van der Waals surface area contributed by atoms with Gasteiger partial charge in [0, 0.05) is 0 Å². The molecule has 0 aliphatic rings. The lowest BCUT2D eigenvalue weighted by atomic mass is 9.95. The molecule has 6 nitrogen and oxygen atoms in total. The summed E-state index contributed by atoms with van der Waals surface area (Å²) in [6.07, 6.45) is -0.836. The van der Waals surface area contributed by atoms with Gasteiger partial charge in [-0.05, 0) is 69.4 Å². The quantitative estimate of drug-likeness (QED) is 0.834. The van der Waals surface area contributed by atoms with Crippen LogP contribution in [0.1, 0.15) is 34.7 Å². The molecule has 0 saturated carbocycles. The molecule has 0 aliphatic carbocycles. The maximum Gasteiger partial charge on any atom is 0.422 e. The molecule has 2 N–H and O–H groups in total. The molecule has 1 aromatic rings. The van der Waals surface area contributed by atoms with Crippen molar-refractivity contribution in [2.24, 2.45) is 0 Å². The standard InChI is InChI=1S/C14H22N2O4S/c1-7-20-14(17)15-16-21(18,19)13-11(5)9(3)8(2)10(4)12(13)6/h16H,7H2,1-6H3,(H,15,17). The van der Waals surface area contributed by atoms with Crippen molar-refractivity contribution >= 4 is 16.1 Å². The fourth-order valence-corrected chi connectivity index (χ4v) is 3.63. The third-order valence-electron chi connectivity index (χ3n) is 3.76. The first kappa shape index (κ1) is 17.5. The Hall–Kier alpha value is -1.60. The molecule has 1 amide bonds. The molecule has 7 heteroatoms. The molecule has 0 spiro atoms. The van der Waals surface area contributed by atoms with Crippen LogP contribution in [0.25, 0.3) is 0 Å². The van der Waals surface area contributed by atoms with Gasteiger partial charge in [0.25, 0.3) is 10.0 Å². The minimum absolute atomic E-state index is 0.161. The molecule has 1 rings (SSSR count). The van der Waals surface area contributed by atoms with Crippen molar-refractivity contribution < 1.29 is 17.9 Å². The average molecular weight is 314 g/mol. The van der Waals surface area contributed by atoms with Crippen molar-refractivity contribution in [3.8, 4) is 0 Å². The first-order valence-corrected chi connectivity index (χ1v) is 8.13. The SMILES string of the molecule is CCOC(=O)NNS(=O)(=O)c1c(C)c(C)c(C)c(C)c1C. The Kier molecular flexibility index (Phi) is 5.36. The fourth-order valence-electron chi connectivity index (χ4n) is 2.20. The Bertz CT molecular complexity index is 637. The van der Waals surface area contributed by atoms with E-state index >= 15 is 0 Å². The van der Waals surface area contributed by atoms with Crippen LogP contribution in [-0.4, -0.2) is 21.1 Å². The molecule has 118 valence electrons. The summed E-state index contributed by atoms with van der Waals surface area (Å²) in [4.78, 5) is 13.5. The number of carbonyl (C=O) groups excluding carboxylic acids is 1. The summed E-state index contributed by atoms with van der Waals surface area (Å²) in [6.45, 7) is 11.0. The maximum absolute atomic E-state index is 12.4. The number of nitrogens with one attached hydrogen (secondary N) is 2. The minimum Gasteiger partial charge on any atom is -0.449 e. The van der Waals surface area contributed by atoms with E-state index in [1.807, 2.05) is 26.2 Å². The molecule has 0 heterocycles. The summed E-state index contributed by atoms with van der Waals surface area (Å²) in [5.74, 6) is 0. The van der Waals surface area contributed by atoms with Gasteiger partial charge in [0.2, 0.25) is 0 Å². The topological polar surface area (TPSA) is 84.5 Å². The number of rotatable bonds is 4. The number of carbonyl (C=O) groups is 1. The van der Waals surface area contributed by atoms with E-state index in [9.17, 15) is 13.2 Å². The third-order valence-corrected chi connectivity index (χ3v) is 5.28. The van der Waals surface area contributed by atoms with Crippen molar-refractivity contribution in [3.63, 3.8) is 0 Å². The van der Waals surface area contributed by atoms with E-state index in [0.717, 1.165) is 16.7 Å². The summed E-state index contributed by atoms with van der Waals surface area (Å²) in [6, 6.07) is 0. The van der Waals surface area contributed by atoms with Gasteiger partial charge in [-0.1, -0.05) is 0 Å². The third kappa shape index (κ3) is 3.54. The van der Waals surface area contributed by atoms with Crippen LogP contribution in [0.5, 0.6) is 0 Å². The lowest BCUT2D eigenvalue weighted by molar-refractivity contribution is 0.150. The molecule has 21 heavy (non-hydrogen) atoms. The molecule has 0 radical (unpaired) electrons. The van der Waals surface area contributed by atoms with Gasteiger partial charge in [0.1, 0.15) is 0 Å². The van der Waals surface area contributed by atoms with Crippen molar-refractivity contribution in [2.75, 3.05) is 6.61 Å². The fraction of sp³-hybridized carbons (Fsp3) is 0.500. The summed E-state index contributed by atoms with van der Waals surface area (Å²) < 4.78 is 29.5. The smallest absolute Gasteiger partial charge is 0.422 e. The van der Waals surface area contributed by atoms with Crippen LogP contribution in [0, 0.1) is 34.6 Å². The number of amides is 1. The van der Waals surface area contributed by atoms with Crippen LogP contribution in [0.4, 0.5) is 4.79 Å². The Balaban J connectivity index is 3.24. The van der Waals surface area contributed by atoms with E-state index in [4.69, 9.17) is 0 Å². The number of ether oxygens (including phenoxy) is 1. The molecule has 0 bridgehead atoms. The van der Waals surface area contributed by atoms with E-state index in [2.05, 4.69) is 9.57 Å². The second-order valence-corrected chi connectivity index (χ2v) is 6.52. The first-order chi connectivity index (χ1) is 9.63. The van der Waals surface area contributed by atoms with Crippen molar-refractivity contribution in [2.45, 2.75) is 46.4 Å². The maximum atomic E-state index is 12.4. The molecule has 0 atom stereocenters. The molecule has 0 aliphatic heterocycles. The molecule has 0 fully saturated rings. The highest BCUT2D eigenvalue weighted by molar-refractivity contribution is 7.89. The van der Waals surface area contributed by atoms with Crippen LogP contribution in [0.15, 0.2) is 4.90 Å². The van der Waals surface area contributed by atoms with Crippen LogP contribution in [-0.2, 0) is 14.8 Å². The Labute approximate surface area is 125 Å². The zero-order chi connectivity index (χ0) is 16.4. The van der Waals surface area contributed by atoms with E-state index in [1.54, 1.807) is 20.8 Å². The highest BCUT2D eigenvalue weighted by atomic mass is 32.2. The number of hydrogen-bond donors (Lipinski definition) is 2. The second kappa shape index (κ2) is 6.44. The zero-order valence-electron chi connectivity index (χ0n) is 13.2. The molecule has 1 aromatic carbocycles. The van der Waals surface area contributed by atoms with E-state index < -0.39 is 16.1 Å². The van der Waals surface area contributed by atoms with Crippen molar-refractivity contribution in [1.82, 2.24) is 10.3 Å². The molecular formula is C14H22N2O4S. The summed E-state index contributed by atoms with van der Waals surface area (Å²) in [5.41, 5.74) is 6.30. The van der Waals surface area contributed by atoms with E-state index in [0.29, 0.717) is 11.1 Å². The summed E-state index contributed by atoms with van der Waals surface area (Å²) in [5, 5.41) is 0. The zero-order valence-corrected chi connectivity index (χ0v) is 14.1. The molecule has 0 saturated heterocycles. The lowest BCUT2D eigenvalue weighted by Crippen LogP contribution is -2.42. The monoisotopic (exact) mass is 314 g/mol. The van der Waals surface area contributed by atoms with Gasteiger partial charge >= 0.3 is 6.09 Å². The van der Waals surface area contributed by atoms with Crippen LogP contribution in [0.3, 0.4) is 0 Å². The highest BCUT2D eigenvalue weighted by Gasteiger charge is 2.24. The van der Waals surface area contributed by atoms with Crippen LogP contribution in [0.2, 0.25) is 0 Å². The minimum atomic E-state index is -3.86. The second-order valence-electron chi connectivity index (χ2n) is 4.91. The number of hydrazine groups is 1. The molecule has 0 unspecified atom stereocenters. The van der Waals surface area contributed by atoms with Gasteiger partial charge in [-0.3, -0.25) is 0 Å². The first-order valence-electron chi connectivity index (χ1n) is 6.65. The van der Waals surface area contributed by atoms with E-state index in [-0.39, 0.29) is 11.5 Å². The predicted octanol–water partition coefficient (Wildman–Crippen LogP) is 2.17.